The Morgan fingerprint density at radius 1 is 1.14 bits per heavy atom. The van der Waals surface area contributed by atoms with E-state index in [1.807, 2.05) is 12.0 Å². The van der Waals surface area contributed by atoms with Gasteiger partial charge in [0.25, 0.3) is 0 Å². The number of alkyl halides is 3. The van der Waals surface area contributed by atoms with Gasteiger partial charge in [-0.25, -0.2) is 4.98 Å². The molecular weight excluding hydrogens is 285 g/mol. The van der Waals surface area contributed by atoms with Gasteiger partial charge in [-0.1, -0.05) is 0 Å². The molecule has 108 valence electrons. The van der Waals surface area contributed by atoms with Gasteiger partial charge in [0.15, 0.2) is 0 Å². The van der Waals surface area contributed by atoms with Crippen molar-refractivity contribution in [1.29, 1.82) is 0 Å². The molecule has 5 nitrogen and oxygen atoms in total. The summed E-state index contributed by atoms with van der Waals surface area (Å²) in [4.78, 5) is 8.12. The van der Waals surface area contributed by atoms with Crippen LogP contribution in [0.5, 0.6) is 0 Å². The van der Waals surface area contributed by atoms with E-state index >= 15 is 0 Å². The average Bonchev–Trinajstić information content (AvgIpc) is 3.10. The Kier molecular flexibility index (Phi) is 3.00. The third-order valence-electron chi connectivity index (χ3n) is 2.91. The van der Waals surface area contributed by atoms with Crippen LogP contribution >= 0.6 is 0 Å². The minimum absolute atomic E-state index is 0.107. The molecule has 0 unspecified atom stereocenters. The Hall–Kier alpha value is -2.64. The molecule has 0 radical (unpaired) electrons. The van der Waals surface area contributed by atoms with Crippen molar-refractivity contribution in [2.75, 3.05) is 0 Å². The fourth-order valence-electron chi connectivity index (χ4n) is 1.85. The van der Waals surface area contributed by atoms with Crippen LogP contribution < -0.4 is 0 Å². The highest BCUT2D eigenvalue weighted by molar-refractivity contribution is 5.66. The molecule has 3 aromatic rings. The van der Waals surface area contributed by atoms with E-state index in [4.69, 9.17) is 4.42 Å². The number of halogens is 3. The molecule has 0 atom stereocenters. The van der Waals surface area contributed by atoms with E-state index in [2.05, 4.69) is 15.1 Å². The number of aromatic nitrogens is 4. The second kappa shape index (κ2) is 4.72. The molecule has 0 saturated carbocycles. The van der Waals surface area contributed by atoms with Crippen molar-refractivity contribution in [1.82, 2.24) is 20.2 Å². The first-order valence-electron chi connectivity index (χ1n) is 5.94. The first-order valence-corrected chi connectivity index (χ1v) is 5.94. The Morgan fingerprint density at radius 3 is 2.57 bits per heavy atom. The van der Waals surface area contributed by atoms with Crippen molar-refractivity contribution in [3.05, 3.63) is 42.0 Å². The molecule has 0 amide bonds. The van der Waals surface area contributed by atoms with Crippen LogP contribution in [0.4, 0.5) is 13.2 Å². The zero-order valence-electron chi connectivity index (χ0n) is 10.8. The fourth-order valence-corrected chi connectivity index (χ4v) is 1.85. The van der Waals surface area contributed by atoms with Crippen LogP contribution in [0.25, 0.3) is 22.8 Å². The van der Waals surface area contributed by atoms with Gasteiger partial charge in [-0.05, 0) is 24.6 Å². The normalized spacial score (nSPS) is 11.8. The van der Waals surface area contributed by atoms with Gasteiger partial charge in [-0.2, -0.15) is 18.3 Å². The number of hydrogen-bond donors (Lipinski definition) is 1. The summed E-state index contributed by atoms with van der Waals surface area (Å²) in [6.45, 7) is 1.81. The van der Waals surface area contributed by atoms with Gasteiger partial charge >= 0.3 is 6.18 Å². The lowest BCUT2D eigenvalue weighted by atomic mass is 10.1. The highest BCUT2D eigenvalue weighted by Gasteiger charge is 2.33. The molecular formula is C13H9F3N4O. The summed E-state index contributed by atoms with van der Waals surface area (Å²) in [7, 11) is 0. The molecule has 3 rings (SSSR count). The van der Waals surface area contributed by atoms with Crippen molar-refractivity contribution in [3.8, 4) is 22.8 Å². The SMILES string of the molecule is Cc1cnc(-c2cc(C(F)(F)F)[nH]n2)cc1-c1ncco1. The van der Waals surface area contributed by atoms with E-state index in [0.29, 0.717) is 17.1 Å². The van der Waals surface area contributed by atoms with Crippen LogP contribution in [-0.4, -0.2) is 20.2 Å². The number of H-pyrrole nitrogens is 1. The van der Waals surface area contributed by atoms with Crippen LogP contribution in [0, 0.1) is 6.92 Å². The first-order chi connectivity index (χ1) is 9.95. The molecule has 0 spiro atoms. The minimum Gasteiger partial charge on any atom is -0.445 e. The molecule has 21 heavy (non-hydrogen) atoms. The predicted molar refractivity (Wildman–Crippen MR) is 67.1 cm³/mol. The number of oxazole rings is 1. The lowest BCUT2D eigenvalue weighted by Gasteiger charge is -2.03. The van der Waals surface area contributed by atoms with Gasteiger partial charge in [-0.3, -0.25) is 10.1 Å². The van der Waals surface area contributed by atoms with Gasteiger partial charge in [-0.15, -0.1) is 0 Å². The Labute approximate surface area is 116 Å². The molecule has 0 aromatic carbocycles. The van der Waals surface area contributed by atoms with Crippen molar-refractivity contribution in [2.24, 2.45) is 0 Å². The lowest BCUT2D eigenvalue weighted by Crippen LogP contribution is -2.04. The molecule has 3 aromatic heterocycles. The summed E-state index contributed by atoms with van der Waals surface area (Å²) in [5.74, 6) is 0.378. The molecule has 0 aliphatic carbocycles. The highest BCUT2D eigenvalue weighted by Crippen LogP contribution is 2.31. The topological polar surface area (TPSA) is 67.6 Å². The van der Waals surface area contributed by atoms with Crippen molar-refractivity contribution >= 4 is 0 Å². The van der Waals surface area contributed by atoms with E-state index in [1.165, 1.54) is 18.7 Å². The lowest BCUT2D eigenvalue weighted by molar-refractivity contribution is -0.141. The van der Waals surface area contributed by atoms with Gasteiger partial charge in [0.1, 0.15) is 17.7 Å². The predicted octanol–water partition coefficient (Wildman–Crippen LogP) is 3.45. The minimum atomic E-state index is -4.47. The number of hydrogen-bond acceptors (Lipinski definition) is 4. The molecule has 0 saturated heterocycles. The van der Waals surface area contributed by atoms with E-state index in [0.717, 1.165) is 11.6 Å². The summed E-state index contributed by atoms with van der Waals surface area (Å²) in [5, 5.41) is 5.61. The second-order valence-electron chi connectivity index (χ2n) is 4.39. The number of rotatable bonds is 2. The summed E-state index contributed by atoms with van der Waals surface area (Å²) < 4.78 is 42.9. The monoisotopic (exact) mass is 294 g/mol. The molecule has 0 bridgehead atoms. The van der Waals surface area contributed by atoms with Crippen LogP contribution in [0.2, 0.25) is 0 Å². The van der Waals surface area contributed by atoms with Crippen molar-refractivity contribution in [2.45, 2.75) is 13.1 Å². The van der Waals surface area contributed by atoms with Crippen molar-refractivity contribution < 1.29 is 17.6 Å². The summed E-state index contributed by atoms with van der Waals surface area (Å²) in [6, 6.07) is 2.51. The molecule has 1 N–H and O–H groups in total. The fraction of sp³-hybridized carbons (Fsp3) is 0.154. The highest BCUT2D eigenvalue weighted by atomic mass is 19.4. The molecule has 0 aliphatic heterocycles. The van der Waals surface area contributed by atoms with Crippen molar-refractivity contribution in [3.63, 3.8) is 0 Å². The zero-order chi connectivity index (χ0) is 15.0. The maximum Gasteiger partial charge on any atom is 0.432 e. The van der Waals surface area contributed by atoms with E-state index < -0.39 is 11.9 Å². The maximum absolute atomic E-state index is 12.6. The van der Waals surface area contributed by atoms with Gasteiger partial charge in [0.05, 0.1) is 11.9 Å². The van der Waals surface area contributed by atoms with Crippen LogP contribution in [0.3, 0.4) is 0 Å². The smallest absolute Gasteiger partial charge is 0.432 e. The number of nitrogens with one attached hydrogen (secondary N) is 1. The van der Waals surface area contributed by atoms with Crippen LogP contribution in [0.1, 0.15) is 11.3 Å². The van der Waals surface area contributed by atoms with E-state index in [1.54, 1.807) is 6.07 Å². The largest absolute Gasteiger partial charge is 0.445 e. The Bertz CT molecular complexity index is 762. The van der Waals surface area contributed by atoms with Gasteiger partial charge in [0.2, 0.25) is 5.89 Å². The van der Waals surface area contributed by atoms with Crippen LogP contribution in [0.15, 0.2) is 35.2 Å². The quantitative estimate of drug-likeness (QED) is 0.786. The molecule has 0 fully saturated rings. The number of nitrogens with zero attached hydrogens (tertiary/aromatic N) is 3. The maximum atomic E-state index is 12.6. The first kappa shape index (κ1) is 13.3. The number of aryl methyl sites for hydroxylation is 1. The van der Waals surface area contributed by atoms with E-state index in [9.17, 15) is 13.2 Å². The Morgan fingerprint density at radius 2 is 1.95 bits per heavy atom. The standard InChI is InChI=1S/C13H9F3N4O/c1-7-6-18-9(4-8(7)12-17-2-3-21-12)10-5-11(20-19-10)13(14,15)16/h2-6H,1H3,(H,19,20). The van der Waals surface area contributed by atoms with Gasteiger partial charge in [0, 0.05) is 11.8 Å². The van der Waals surface area contributed by atoms with Gasteiger partial charge < -0.3 is 4.42 Å². The summed E-state index contributed by atoms with van der Waals surface area (Å²) in [6.07, 6.45) is -0.0193. The number of pyridine rings is 1. The molecule has 3 heterocycles. The Balaban J connectivity index is 2.04. The number of aromatic amines is 1. The summed E-state index contributed by atoms with van der Waals surface area (Å²) in [5.41, 5.74) is 0.947. The summed E-state index contributed by atoms with van der Waals surface area (Å²) >= 11 is 0. The average molecular weight is 294 g/mol. The molecule has 8 heteroatoms. The third-order valence-corrected chi connectivity index (χ3v) is 2.91. The third kappa shape index (κ3) is 2.51. The van der Waals surface area contributed by atoms with Crippen LogP contribution in [-0.2, 0) is 6.18 Å². The molecule has 0 aliphatic rings. The second-order valence-corrected chi connectivity index (χ2v) is 4.39. The zero-order valence-corrected chi connectivity index (χ0v) is 10.8. The van der Waals surface area contributed by atoms with E-state index in [-0.39, 0.29) is 5.69 Å².